The summed E-state index contributed by atoms with van der Waals surface area (Å²) >= 11 is 0. The predicted molar refractivity (Wildman–Crippen MR) is 51.0 cm³/mol. The monoisotopic (exact) mass is 225 g/mol. The third-order valence-corrected chi connectivity index (χ3v) is 1.58. The molecule has 7 heteroatoms. The minimum Gasteiger partial charge on any atom is -0.481 e. The molecule has 0 atom stereocenters. The van der Waals surface area contributed by atoms with Crippen LogP contribution in [0.25, 0.3) is 0 Å². The predicted octanol–water partition coefficient (Wildman–Crippen LogP) is 0.975. The van der Waals surface area contributed by atoms with Crippen LogP contribution in [0.4, 0.5) is 5.69 Å². The number of carboxylic acid groups (broad SMARTS) is 1. The molecule has 0 aliphatic rings. The van der Waals surface area contributed by atoms with E-state index in [-0.39, 0.29) is 11.4 Å². The Hall–Kier alpha value is -2.44. The Morgan fingerprint density at radius 2 is 2.00 bits per heavy atom. The molecule has 0 heterocycles. The summed E-state index contributed by atoms with van der Waals surface area (Å²) in [5.74, 6) is -2.68. The van der Waals surface area contributed by atoms with E-state index in [4.69, 9.17) is 5.11 Å². The summed E-state index contributed by atoms with van der Waals surface area (Å²) in [6.45, 7) is 0. The first-order chi connectivity index (χ1) is 7.50. The lowest BCUT2D eigenvalue weighted by Crippen LogP contribution is -2.13. The fraction of sp³-hybridized carbons (Fsp3) is 0.111. The number of nitro groups is 1. The molecule has 84 valence electrons. The van der Waals surface area contributed by atoms with E-state index >= 15 is 0 Å². The van der Waals surface area contributed by atoms with Crippen LogP contribution in [0.3, 0.4) is 0 Å². The van der Waals surface area contributed by atoms with Crippen LogP contribution >= 0.6 is 0 Å². The number of nitrogens with zero attached hydrogens (tertiary/aromatic N) is 1. The van der Waals surface area contributed by atoms with Gasteiger partial charge in [0, 0.05) is 6.07 Å². The zero-order chi connectivity index (χ0) is 12.1. The van der Waals surface area contributed by atoms with Crippen LogP contribution in [0.5, 0.6) is 5.75 Å². The summed E-state index contributed by atoms with van der Waals surface area (Å²) in [4.78, 5) is 31.0. The standard InChI is InChI=1S/C9H7NO6/c11-8(12)5-9(13)16-7-4-2-1-3-6(7)10(14)15/h1-4H,5H2,(H,11,12). The molecule has 1 rings (SSSR count). The summed E-state index contributed by atoms with van der Waals surface area (Å²) in [6, 6.07) is 5.23. The highest BCUT2D eigenvalue weighted by Gasteiger charge is 2.18. The highest BCUT2D eigenvalue weighted by atomic mass is 16.6. The maximum Gasteiger partial charge on any atom is 0.322 e. The number of rotatable bonds is 4. The average Bonchev–Trinajstić information content (AvgIpc) is 2.16. The van der Waals surface area contributed by atoms with Crippen molar-refractivity contribution in [2.45, 2.75) is 6.42 Å². The molecule has 7 nitrogen and oxygen atoms in total. The Morgan fingerprint density at radius 1 is 1.38 bits per heavy atom. The third kappa shape index (κ3) is 3.05. The van der Waals surface area contributed by atoms with Gasteiger partial charge in [0.1, 0.15) is 6.42 Å². The molecular weight excluding hydrogens is 218 g/mol. The van der Waals surface area contributed by atoms with Crippen molar-refractivity contribution in [3.63, 3.8) is 0 Å². The Morgan fingerprint density at radius 3 is 2.56 bits per heavy atom. The van der Waals surface area contributed by atoms with Crippen LogP contribution in [0.15, 0.2) is 24.3 Å². The number of carboxylic acids is 1. The van der Waals surface area contributed by atoms with Gasteiger partial charge in [-0.15, -0.1) is 0 Å². The maximum absolute atomic E-state index is 11.0. The van der Waals surface area contributed by atoms with E-state index in [1.807, 2.05) is 0 Å². The molecule has 0 aliphatic heterocycles. The van der Waals surface area contributed by atoms with Crippen molar-refractivity contribution in [2.75, 3.05) is 0 Å². The molecule has 0 fully saturated rings. The Kier molecular flexibility index (Phi) is 3.54. The van der Waals surface area contributed by atoms with Crippen LogP contribution in [-0.4, -0.2) is 22.0 Å². The number of para-hydroxylation sites is 2. The van der Waals surface area contributed by atoms with Gasteiger partial charge in [-0.2, -0.15) is 0 Å². The molecule has 1 aromatic rings. The van der Waals surface area contributed by atoms with Gasteiger partial charge in [-0.1, -0.05) is 12.1 Å². The summed E-state index contributed by atoms with van der Waals surface area (Å²) in [7, 11) is 0. The maximum atomic E-state index is 11.0. The van der Waals surface area contributed by atoms with Gasteiger partial charge in [0.15, 0.2) is 0 Å². The first-order valence-electron chi connectivity index (χ1n) is 4.16. The van der Waals surface area contributed by atoms with Crippen LogP contribution in [0.1, 0.15) is 6.42 Å². The van der Waals surface area contributed by atoms with Crippen molar-refractivity contribution >= 4 is 17.6 Å². The van der Waals surface area contributed by atoms with Gasteiger partial charge >= 0.3 is 17.6 Å². The number of benzene rings is 1. The molecule has 0 saturated heterocycles. The second kappa shape index (κ2) is 4.87. The number of nitro benzene ring substituents is 1. The highest BCUT2D eigenvalue weighted by Crippen LogP contribution is 2.25. The summed E-state index contributed by atoms with van der Waals surface area (Å²) in [5.41, 5.74) is -0.388. The number of aliphatic carboxylic acids is 1. The van der Waals surface area contributed by atoms with Crippen molar-refractivity contribution in [3.05, 3.63) is 34.4 Å². The van der Waals surface area contributed by atoms with Crippen molar-refractivity contribution in [1.29, 1.82) is 0 Å². The quantitative estimate of drug-likeness (QED) is 0.269. The van der Waals surface area contributed by atoms with Crippen LogP contribution < -0.4 is 4.74 Å². The van der Waals surface area contributed by atoms with Crippen molar-refractivity contribution in [3.8, 4) is 5.75 Å². The van der Waals surface area contributed by atoms with E-state index in [1.54, 1.807) is 0 Å². The molecule has 0 saturated carbocycles. The molecule has 0 unspecified atom stereocenters. The second-order valence-corrected chi connectivity index (χ2v) is 2.77. The normalized spacial score (nSPS) is 9.50. The van der Waals surface area contributed by atoms with Gasteiger partial charge in [-0.05, 0) is 6.07 Å². The number of ether oxygens (including phenoxy) is 1. The summed E-state index contributed by atoms with van der Waals surface area (Å²) < 4.78 is 4.56. The molecule has 0 amide bonds. The van der Waals surface area contributed by atoms with Crippen LogP contribution in [-0.2, 0) is 9.59 Å². The lowest BCUT2D eigenvalue weighted by Gasteiger charge is -2.02. The molecule has 0 bridgehead atoms. The van der Waals surface area contributed by atoms with E-state index in [1.165, 1.54) is 18.2 Å². The summed E-state index contributed by atoms with van der Waals surface area (Å²) in [6.07, 6.45) is -0.841. The van der Waals surface area contributed by atoms with Gasteiger partial charge in [0.05, 0.1) is 4.92 Å². The zero-order valence-corrected chi connectivity index (χ0v) is 7.95. The lowest BCUT2D eigenvalue weighted by molar-refractivity contribution is -0.385. The van der Waals surface area contributed by atoms with Crippen LogP contribution in [0, 0.1) is 10.1 Å². The van der Waals surface area contributed by atoms with E-state index in [2.05, 4.69) is 4.74 Å². The second-order valence-electron chi connectivity index (χ2n) is 2.77. The molecule has 1 aromatic carbocycles. The zero-order valence-electron chi connectivity index (χ0n) is 7.95. The number of hydrogen-bond donors (Lipinski definition) is 1. The fourth-order valence-electron chi connectivity index (χ4n) is 0.977. The smallest absolute Gasteiger partial charge is 0.322 e. The van der Waals surface area contributed by atoms with Gasteiger partial charge in [0.2, 0.25) is 5.75 Å². The summed E-state index contributed by atoms with van der Waals surface area (Å²) in [5, 5.41) is 18.8. The molecule has 16 heavy (non-hydrogen) atoms. The molecular formula is C9H7NO6. The van der Waals surface area contributed by atoms with Gasteiger partial charge < -0.3 is 9.84 Å². The third-order valence-electron chi connectivity index (χ3n) is 1.58. The lowest BCUT2D eigenvalue weighted by atomic mass is 10.3. The first kappa shape index (κ1) is 11.6. The topological polar surface area (TPSA) is 107 Å². The molecule has 0 spiro atoms. The molecule has 1 N–H and O–H groups in total. The van der Waals surface area contributed by atoms with Crippen LogP contribution in [0.2, 0.25) is 0 Å². The van der Waals surface area contributed by atoms with Gasteiger partial charge in [0.25, 0.3) is 0 Å². The van der Waals surface area contributed by atoms with Crippen molar-refractivity contribution in [1.82, 2.24) is 0 Å². The largest absolute Gasteiger partial charge is 0.481 e. The minimum absolute atomic E-state index is 0.265. The van der Waals surface area contributed by atoms with E-state index in [0.29, 0.717) is 0 Å². The van der Waals surface area contributed by atoms with Gasteiger partial charge in [-0.3, -0.25) is 19.7 Å². The number of esters is 1. The molecule has 0 radical (unpaired) electrons. The molecule has 0 aliphatic carbocycles. The van der Waals surface area contributed by atoms with E-state index < -0.39 is 23.3 Å². The first-order valence-corrected chi connectivity index (χ1v) is 4.16. The van der Waals surface area contributed by atoms with E-state index in [0.717, 1.165) is 6.07 Å². The Labute approximate surface area is 89.4 Å². The highest BCUT2D eigenvalue weighted by molar-refractivity contribution is 5.91. The van der Waals surface area contributed by atoms with E-state index in [9.17, 15) is 19.7 Å². The number of carbonyl (C=O) groups excluding carboxylic acids is 1. The van der Waals surface area contributed by atoms with Crippen molar-refractivity contribution in [2.24, 2.45) is 0 Å². The Balaban J connectivity index is 2.84. The number of hydrogen-bond acceptors (Lipinski definition) is 5. The number of carbonyl (C=O) groups is 2. The Bertz CT molecular complexity index is 441. The SMILES string of the molecule is O=C(O)CC(=O)Oc1ccccc1[N+](=O)[O-]. The van der Waals surface area contributed by atoms with Gasteiger partial charge in [-0.25, -0.2) is 0 Å². The fourth-order valence-corrected chi connectivity index (χ4v) is 0.977. The minimum atomic E-state index is -1.36. The van der Waals surface area contributed by atoms with Crippen molar-refractivity contribution < 1.29 is 24.4 Å². The molecule has 0 aromatic heterocycles. The average molecular weight is 225 g/mol.